The SMILES string of the molecule is CC1CC(=O)C2=C(C1)Nc1ncnn1C2c1cccc(Oc2ccccc2)c1. The van der Waals surface area contributed by atoms with Crippen LogP contribution in [0.3, 0.4) is 0 Å². The number of anilines is 1. The van der Waals surface area contributed by atoms with Crippen molar-refractivity contribution in [2.75, 3.05) is 5.32 Å². The molecule has 6 nitrogen and oxygen atoms in total. The number of carbonyl (C=O) groups is 1. The summed E-state index contributed by atoms with van der Waals surface area (Å²) in [5.74, 6) is 2.65. The third-order valence-corrected chi connectivity index (χ3v) is 5.22. The smallest absolute Gasteiger partial charge is 0.226 e. The maximum atomic E-state index is 12.9. The van der Waals surface area contributed by atoms with Crippen molar-refractivity contribution in [2.24, 2.45) is 5.92 Å². The Balaban J connectivity index is 1.58. The van der Waals surface area contributed by atoms with Gasteiger partial charge in [-0.3, -0.25) is 4.79 Å². The second-order valence-electron chi connectivity index (χ2n) is 7.37. The lowest BCUT2D eigenvalue weighted by Gasteiger charge is -2.34. The van der Waals surface area contributed by atoms with Gasteiger partial charge in [-0.05, 0) is 42.2 Å². The van der Waals surface area contributed by atoms with Crippen LogP contribution in [-0.2, 0) is 4.79 Å². The van der Waals surface area contributed by atoms with E-state index < -0.39 is 0 Å². The molecule has 2 aromatic carbocycles. The number of rotatable bonds is 3. The number of hydrogen-bond donors (Lipinski definition) is 1. The van der Waals surface area contributed by atoms with Crippen molar-refractivity contribution in [3.05, 3.63) is 77.8 Å². The Morgan fingerprint density at radius 1 is 1.07 bits per heavy atom. The molecule has 0 saturated heterocycles. The Hall–Kier alpha value is -3.41. The minimum atomic E-state index is -0.298. The number of ketones is 1. The number of carbonyl (C=O) groups excluding carboxylic acids is 1. The van der Waals surface area contributed by atoms with Crippen LogP contribution in [0.4, 0.5) is 5.95 Å². The molecule has 5 rings (SSSR count). The van der Waals surface area contributed by atoms with E-state index in [0.717, 1.165) is 34.8 Å². The van der Waals surface area contributed by atoms with E-state index in [2.05, 4.69) is 22.3 Å². The van der Waals surface area contributed by atoms with Crippen LogP contribution >= 0.6 is 0 Å². The van der Waals surface area contributed by atoms with Crippen LogP contribution in [-0.4, -0.2) is 20.5 Å². The normalized spacial score (nSPS) is 21.0. The summed E-state index contributed by atoms with van der Waals surface area (Å²) in [5, 5.41) is 7.70. The molecule has 2 aliphatic rings. The zero-order valence-corrected chi connectivity index (χ0v) is 15.5. The van der Waals surface area contributed by atoms with Crippen LogP contribution in [0.2, 0.25) is 0 Å². The molecule has 3 aromatic rings. The highest BCUT2D eigenvalue weighted by Gasteiger charge is 2.37. The summed E-state index contributed by atoms with van der Waals surface area (Å²) in [6, 6.07) is 17.2. The summed E-state index contributed by atoms with van der Waals surface area (Å²) in [5.41, 5.74) is 2.70. The maximum absolute atomic E-state index is 12.9. The van der Waals surface area contributed by atoms with Gasteiger partial charge >= 0.3 is 0 Å². The van der Waals surface area contributed by atoms with Gasteiger partial charge in [-0.25, -0.2) is 4.68 Å². The van der Waals surface area contributed by atoms with Gasteiger partial charge in [0.05, 0.1) is 0 Å². The molecule has 2 heterocycles. The second-order valence-corrected chi connectivity index (χ2v) is 7.37. The molecule has 140 valence electrons. The van der Waals surface area contributed by atoms with Crippen LogP contribution in [0, 0.1) is 5.92 Å². The third-order valence-electron chi connectivity index (χ3n) is 5.22. The summed E-state index contributed by atoms with van der Waals surface area (Å²) in [6.07, 6.45) is 2.91. The van der Waals surface area contributed by atoms with E-state index in [1.807, 2.05) is 54.6 Å². The molecule has 1 aliphatic carbocycles. The topological polar surface area (TPSA) is 69.0 Å². The van der Waals surface area contributed by atoms with Gasteiger partial charge in [-0.2, -0.15) is 10.1 Å². The summed E-state index contributed by atoms with van der Waals surface area (Å²) >= 11 is 0. The second kappa shape index (κ2) is 6.64. The van der Waals surface area contributed by atoms with E-state index in [-0.39, 0.29) is 11.8 Å². The average molecular weight is 372 g/mol. The molecule has 28 heavy (non-hydrogen) atoms. The molecular formula is C22H20N4O2. The first kappa shape index (κ1) is 16.7. The zero-order chi connectivity index (χ0) is 19.1. The summed E-state index contributed by atoms with van der Waals surface area (Å²) in [7, 11) is 0. The average Bonchev–Trinajstić information content (AvgIpc) is 3.15. The number of aromatic nitrogens is 3. The van der Waals surface area contributed by atoms with E-state index in [1.165, 1.54) is 6.33 Å². The predicted molar refractivity (Wildman–Crippen MR) is 105 cm³/mol. The van der Waals surface area contributed by atoms with Crippen molar-refractivity contribution >= 4 is 11.7 Å². The van der Waals surface area contributed by atoms with Crippen molar-refractivity contribution in [3.63, 3.8) is 0 Å². The zero-order valence-electron chi connectivity index (χ0n) is 15.5. The van der Waals surface area contributed by atoms with Gasteiger partial charge in [-0.15, -0.1) is 0 Å². The van der Waals surface area contributed by atoms with Crippen molar-refractivity contribution in [1.29, 1.82) is 0 Å². The number of ether oxygens (including phenoxy) is 1. The number of Topliss-reactive ketones (excluding diaryl/α,β-unsaturated/α-hetero) is 1. The molecule has 2 atom stereocenters. The Kier molecular flexibility index (Phi) is 3.97. The molecule has 1 N–H and O–H groups in total. The first-order valence-corrected chi connectivity index (χ1v) is 9.44. The molecule has 0 radical (unpaired) electrons. The molecule has 0 saturated carbocycles. The Labute approximate surface area is 162 Å². The predicted octanol–water partition coefficient (Wildman–Crippen LogP) is 4.34. The monoisotopic (exact) mass is 372 g/mol. The van der Waals surface area contributed by atoms with Gasteiger partial charge in [0.25, 0.3) is 0 Å². The van der Waals surface area contributed by atoms with Gasteiger partial charge in [-0.1, -0.05) is 37.3 Å². The molecule has 1 aliphatic heterocycles. The van der Waals surface area contributed by atoms with E-state index in [1.54, 1.807) is 4.68 Å². The fraction of sp³-hybridized carbons (Fsp3) is 0.227. The number of benzene rings is 2. The molecule has 0 spiro atoms. The molecule has 0 fully saturated rings. The van der Waals surface area contributed by atoms with Gasteiger partial charge in [0.15, 0.2) is 5.78 Å². The molecule has 0 bridgehead atoms. The van der Waals surface area contributed by atoms with Crippen molar-refractivity contribution in [2.45, 2.75) is 25.8 Å². The first-order valence-electron chi connectivity index (χ1n) is 9.44. The molecule has 2 unspecified atom stereocenters. The highest BCUT2D eigenvalue weighted by molar-refractivity contribution is 5.99. The lowest BCUT2D eigenvalue weighted by molar-refractivity contribution is -0.117. The van der Waals surface area contributed by atoms with E-state index >= 15 is 0 Å². The third kappa shape index (κ3) is 2.87. The van der Waals surface area contributed by atoms with Gasteiger partial charge < -0.3 is 10.1 Å². The number of allylic oxidation sites excluding steroid dienone is 2. The van der Waals surface area contributed by atoms with Crippen LogP contribution in [0.25, 0.3) is 0 Å². The largest absolute Gasteiger partial charge is 0.457 e. The van der Waals surface area contributed by atoms with Crippen LogP contribution in [0.15, 0.2) is 72.2 Å². The molecule has 0 amide bonds. The van der Waals surface area contributed by atoms with Crippen LogP contribution in [0.1, 0.15) is 31.4 Å². The fourth-order valence-corrected chi connectivity index (χ4v) is 4.03. The lowest BCUT2D eigenvalue weighted by atomic mass is 9.81. The number of fused-ring (bicyclic) bond motifs is 1. The number of hydrogen-bond acceptors (Lipinski definition) is 5. The number of nitrogens with zero attached hydrogens (tertiary/aromatic N) is 3. The van der Waals surface area contributed by atoms with Gasteiger partial charge in [0.1, 0.15) is 23.9 Å². The number of para-hydroxylation sites is 1. The highest BCUT2D eigenvalue weighted by atomic mass is 16.5. The fourth-order valence-electron chi connectivity index (χ4n) is 4.03. The number of nitrogens with one attached hydrogen (secondary N) is 1. The minimum absolute atomic E-state index is 0.168. The maximum Gasteiger partial charge on any atom is 0.226 e. The quantitative estimate of drug-likeness (QED) is 0.741. The van der Waals surface area contributed by atoms with Crippen LogP contribution < -0.4 is 10.1 Å². The van der Waals surface area contributed by atoms with Crippen molar-refractivity contribution < 1.29 is 9.53 Å². The standard InChI is InChI=1S/C22H20N4O2/c1-14-10-18-20(19(27)11-14)21(26-22(25-18)23-13-24-26)15-6-5-9-17(12-15)28-16-7-3-2-4-8-16/h2-9,12-14,21H,10-11H2,1H3,(H,23,24,25). The summed E-state index contributed by atoms with van der Waals surface area (Å²) < 4.78 is 7.78. The van der Waals surface area contributed by atoms with Crippen LogP contribution in [0.5, 0.6) is 11.5 Å². The summed E-state index contributed by atoms with van der Waals surface area (Å²) in [6.45, 7) is 2.10. The van der Waals surface area contributed by atoms with Gasteiger partial charge in [0, 0.05) is 17.7 Å². The Bertz CT molecular complexity index is 1070. The molecule has 1 aromatic heterocycles. The van der Waals surface area contributed by atoms with E-state index in [9.17, 15) is 4.79 Å². The van der Waals surface area contributed by atoms with E-state index in [0.29, 0.717) is 18.3 Å². The Morgan fingerprint density at radius 2 is 1.89 bits per heavy atom. The Morgan fingerprint density at radius 3 is 2.75 bits per heavy atom. The van der Waals surface area contributed by atoms with Crippen molar-refractivity contribution in [3.8, 4) is 11.5 Å². The minimum Gasteiger partial charge on any atom is -0.457 e. The van der Waals surface area contributed by atoms with Crippen molar-refractivity contribution in [1.82, 2.24) is 14.8 Å². The molecular weight excluding hydrogens is 352 g/mol. The highest BCUT2D eigenvalue weighted by Crippen LogP contribution is 2.41. The summed E-state index contributed by atoms with van der Waals surface area (Å²) in [4.78, 5) is 17.3. The lowest BCUT2D eigenvalue weighted by Crippen LogP contribution is -2.33. The van der Waals surface area contributed by atoms with Gasteiger partial charge in [0.2, 0.25) is 5.95 Å². The first-order chi connectivity index (χ1) is 13.7. The molecule has 6 heteroatoms. The van der Waals surface area contributed by atoms with E-state index in [4.69, 9.17) is 4.74 Å².